The number of nitrogens with two attached hydrogens (primary N) is 2. The summed E-state index contributed by atoms with van der Waals surface area (Å²) in [4.78, 5) is 60.8. The minimum atomic E-state index is -5.07. The number of nitrogens with zero attached hydrogens (tertiary/aromatic N) is 6. The molecule has 0 aliphatic carbocycles. The molecule has 0 amide bonds. The van der Waals surface area contributed by atoms with Gasteiger partial charge in [0.1, 0.15) is 36.6 Å². The van der Waals surface area contributed by atoms with Gasteiger partial charge >= 0.3 is 7.82 Å². The summed E-state index contributed by atoms with van der Waals surface area (Å²) in [5.41, 5.74) is 9.74. The van der Waals surface area contributed by atoms with E-state index in [0.29, 0.717) is 0 Å². The van der Waals surface area contributed by atoms with Crippen LogP contribution in [-0.4, -0.2) is 129 Å². The van der Waals surface area contributed by atoms with Gasteiger partial charge in [-0.1, -0.05) is 0 Å². The van der Waals surface area contributed by atoms with Gasteiger partial charge in [-0.3, -0.25) is 33.2 Å². The molecule has 6 heterocycles. The third-order valence-corrected chi connectivity index (χ3v) is 7.26. The van der Waals surface area contributed by atoms with Crippen LogP contribution in [0.4, 0.5) is 11.9 Å². The van der Waals surface area contributed by atoms with Gasteiger partial charge in [0.05, 0.1) is 19.3 Å². The Kier molecular flexibility index (Phi) is 8.75. The van der Waals surface area contributed by atoms with Crippen LogP contribution in [-0.2, 0) is 18.6 Å². The SMILES string of the molecule is Nc1nc2c(ncn2[C@@H]2O[C@H](C(O)OP(=O)(O)O)[C@@H](O)[C@H]2O)c(=O)[nH]1.Nc1nc2c(ncn2[C@@H]2O[C@H](CO)[C@@H](O)[C@H]2O)c(=O)[nH]1. The van der Waals surface area contributed by atoms with Gasteiger partial charge in [0.2, 0.25) is 11.9 Å². The second-order valence-electron chi connectivity index (χ2n) is 9.74. The van der Waals surface area contributed by atoms with Crippen molar-refractivity contribution in [3.8, 4) is 0 Å². The van der Waals surface area contributed by atoms with E-state index in [9.17, 15) is 39.7 Å². The van der Waals surface area contributed by atoms with Gasteiger partial charge in [-0.2, -0.15) is 9.97 Å². The molecule has 0 saturated carbocycles. The summed E-state index contributed by atoms with van der Waals surface area (Å²) in [6.07, 6.45) is -10.8. The van der Waals surface area contributed by atoms with Gasteiger partial charge in [0.25, 0.3) is 11.1 Å². The van der Waals surface area contributed by atoms with Crippen molar-refractivity contribution in [1.29, 1.82) is 0 Å². The lowest BCUT2D eigenvalue weighted by Crippen LogP contribution is -2.39. The number of fused-ring (bicyclic) bond motifs is 2. The van der Waals surface area contributed by atoms with Crippen LogP contribution in [0.25, 0.3) is 22.3 Å². The number of hydrogen-bond acceptors (Lipinski definition) is 18. The number of hydrogen-bond donors (Lipinski definition) is 12. The highest BCUT2D eigenvalue weighted by atomic mass is 31.2. The van der Waals surface area contributed by atoms with E-state index in [1.54, 1.807) is 0 Å². The molecule has 0 bridgehead atoms. The van der Waals surface area contributed by atoms with Gasteiger partial charge in [-0.15, -0.1) is 0 Å². The standard InChI is InChI=1S/C10H14N5O9P.C10H13N5O5/c11-10-13-6-2(7(18)14-10)12-1-15(6)8-4(17)3(16)5(23-8)9(19)24-25(20,21)22;11-10-13-7-4(8(19)14-10)12-2-15(7)9-6(18)5(17)3(1-16)20-9/h1,3-5,8-9,16-17,19H,(H2,20,21,22)(H3,11,13,14,18);2-3,5-6,9,16-18H,1H2,(H3,11,13,14,19)/t3-,4+,5-,8+,9?;3-,5-,6-,9-/m01/s1. The van der Waals surface area contributed by atoms with E-state index in [4.69, 9.17) is 35.8 Å². The summed E-state index contributed by atoms with van der Waals surface area (Å²) in [6.45, 7) is -0.447. The zero-order valence-corrected chi connectivity index (χ0v) is 23.3. The Morgan fingerprint density at radius 1 is 0.867 bits per heavy atom. The van der Waals surface area contributed by atoms with Crippen LogP contribution < -0.4 is 22.6 Å². The van der Waals surface area contributed by atoms with E-state index >= 15 is 0 Å². The molecule has 1 unspecified atom stereocenters. The van der Waals surface area contributed by atoms with E-state index in [-0.39, 0.29) is 34.2 Å². The molecule has 45 heavy (non-hydrogen) atoms. The lowest BCUT2D eigenvalue weighted by molar-refractivity contribution is -0.161. The fourth-order valence-electron chi connectivity index (χ4n) is 4.72. The topological polar surface area (TPSA) is 386 Å². The van der Waals surface area contributed by atoms with Crippen LogP contribution in [0.5, 0.6) is 0 Å². The first-order chi connectivity index (χ1) is 21.1. The first-order valence-electron chi connectivity index (χ1n) is 12.6. The second-order valence-corrected chi connectivity index (χ2v) is 10.9. The van der Waals surface area contributed by atoms with Crippen molar-refractivity contribution < 1.29 is 59.0 Å². The zero-order valence-electron chi connectivity index (χ0n) is 22.4. The minimum absolute atomic E-state index is 0.0388. The summed E-state index contributed by atoms with van der Waals surface area (Å²) in [5.74, 6) is -0.329. The summed E-state index contributed by atoms with van der Waals surface area (Å²) in [6, 6.07) is 0. The number of aromatic amines is 2. The number of phosphoric acid groups is 1. The summed E-state index contributed by atoms with van der Waals surface area (Å²) in [7, 11) is -5.07. The van der Waals surface area contributed by atoms with E-state index in [2.05, 4.69) is 34.4 Å². The van der Waals surface area contributed by atoms with Crippen LogP contribution in [0, 0.1) is 0 Å². The highest BCUT2D eigenvalue weighted by molar-refractivity contribution is 7.46. The van der Waals surface area contributed by atoms with Gasteiger partial charge in [-0.05, 0) is 0 Å². The zero-order chi connectivity index (χ0) is 33.0. The number of nitrogen functional groups attached to an aromatic ring is 2. The third-order valence-electron chi connectivity index (χ3n) is 6.77. The van der Waals surface area contributed by atoms with E-state index in [1.807, 2.05) is 0 Å². The number of rotatable bonds is 6. The van der Waals surface area contributed by atoms with Gasteiger partial charge < -0.3 is 61.4 Å². The number of aliphatic hydroxyl groups excluding tert-OH is 6. The Balaban J connectivity index is 0.000000182. The molecule has 4 aromatic rings. The molecule has 24 nitrogen and oxygen atoms in total. The summed E-state index contributed by atoms with van der Waals surface area (Å²) >= 11 is 0. The number of nitrogens with one attached hydrogen (secondary N) is 2. The Hall–Kier alpha value is -3.91. The summed E-state index contributed by atoms with van der Waals surface area (Å²) in [5, 5.41) is 58.5. The molecule has 2 saturated heterocycles. The molecule has 246 valence electrons. The minimum Gasteiger partial charge on any atom is -0.394 e. The van der Waals surface area contributed by atoms with Gasteiger partial charge in [0, 0.05) is 0 Å². The quantitative estimate of drug-likeness (QED) is 0.0675. The highest BCUT2D eigenvalue weighted by Gasteiger charge is 2.49. The normalized spacial score (nSPS) is 29.2. The molecule has 9 atom stereocenters. The Labute approximate surface area is 247 Å². The number of imidazole rings is 2. The molecule has 0 aromatic carbocycles. The smallest absolute Gasteiger partial charge is 0.394 e. The molecular formula is C20H27N10O14P. The molecule has 0 radical (unpaired) electrons. The number of H-pyrrole nitrogens is 2. The molecule has 0 spiro atoms. The molecule has 2 aliphatic rings. The summed E-state index contributed by atoms with van der Waals surface area (Å²) < 4.78 is 27.8. The van der Waals surface area contributed by atoms with Crippen molar-refractivity contribution in [2.24, 2.45) is 0 Å². The predicted molar refractivity (Wildman–Crippen MR) is 143 cm³/mol. The maximum atomic E-state index is 11.8. The molecule has 4 aromatic heterocycles. The lowest BCUT2D eigenvalue weighted by atomic mass is 10.1. The van der Waals surface area contributed by atoms with Crippen LogP contribution in [0.15, 0.2) is 22.2 Å². The van der Waals surface area contributed by atoms with E-state index < -0.39 is 80.9 Å². The van der Waals surface area contributed by atoms with Crippen LogP contribution in [0.2, 0.25) is 0 Å². The lowest BCUT2D eigenvalue weighted by Gasteiger charge is -2.21. The van der Waals surface area contributed by atoms with Crippen LogP contribution >= 0.6 is 7.82 Å². The first-order valence-corrected chi connectivity index (χ1v) is 14.1. The molecule has 2 fully saturated rings. The van der Waals surface area contributed by atoms with Crippen molar-refractivity contribution >= 4 is 42.0 Å². The third kappa shape index (κ3) is 6.17. The van der Waals surface area contributed by atoms with Crippen molar-refractivity contribution in [2.75, 3.05) is 18.1 Å². The monoisotopic (exact) mass is 662 g/mol. The Bertz CT molecular complexity index is 1860. The number of aromatic nitrogens is 8. The number of phosphoric ester groups is 1. The number of aliphatic hydroxyl groups is 6. The number of anilines is 2. The average Bonchev–Trinajstić information content (AvgIpc) is 3.69. The molecule has 25 heteroatoms. The van der Waals surface area contributed by atoms with E-state index in [0.717, 1.165) is 10.9 Å². The van der Waals surface area contributed by atoms with Crippen molar-refractivity contribution in [1.82, 2.24) is 39.0 Å². The van der Waals surface area contributed by atoms with Gasteiger partial charge in [0.15, 0.2) is 41.1 Å². The van der Waals surface area contributed by atoms with E-state index in [1.165, 1.54) is 10.9 Å². The average molecular weight is 662 g/mol. The maximum Gasteiger partial charge on any atom is 0.472 e. The fraction of sp³-hybridized carbons (Fsp3) is 0.500. The van der Waals surface area contributed by atoms with Gasteiger partial charge in [-0.25, -0.2) is 14.5 Å². The largest absolute Gasteiger partial charge is 0.472 e. The first kappa shape index (κ1) is 32.5. The van der Waals surface area contributed by atoms with Crippen LogP contribution in [0.1, 0.15) is 12.5 Å². The molecule has 2 aliphatic heterocycles. The molecule has 14 N–H and O–H groups in total. The molecule has 6 rings (SSSR count). The van der Waals surface area contributed by atoms with Crippen molar-refractivity contribution in [2.45, 2.75) is 55.4 Å². The Morgan fingerprint density at radius 3 is 1.78 bits per heavy atom. The highest BCUT2D eigenvalue weighted by Crippen LogP contribution is 2.41. The van der Waals surface area contributed by atoms with Crippen LogP contribution in [0.3, 0.4) is 0 Å². The second kappa shape index (κ2) is 12.1. The van der Waals surface area contributed by atoms with Crippen molar-refractivity contribution in [3.63, 3.8) is 0 Å². The number of ether oxygens (including phenoxy) is 2. The predicted octanol–water partition coefficient (Wildman–Crippen LogP) is -5.94. The van der Waals surface area contributed by atoms with Crippen molar-refractivity contribution in [3.05, 3.63) is 33.4 Å². The fourth-order valence-corrected chi connectivity index (χ4v) is 5.12. The Morgan fingerprint density at radius 2 is 1.33 bits per heavy atom. The molecular weight excluding hydrogens is 635 g/mol. The maximum absolute atomic E-state index is 11.8.